The van der Waals surface area contributed by atoms with E-state index in [1.807, 2.05) is 56.3 Å². The average Bonchev–Trinajstić information content (AvgIpc) is 2.56. The highest BCUT2D eigenvalue weighted by Gasteiger charge is 2.10. The highest BCUT2D eigenvalue weighted by Crippen LogP contribution is 2.23. The van der Waals surface area contributed by atoms with Crippen molar-refractivity contribution in [1.82, 2.24) is 0 Å². The summed E-state index contributed by atoms with van der Waals surface area (Å²) < 4.78 is 5.69. The predicted octanol–water partition coefficient (Wildman–Crippen LogP) is 4.56. The molecule has 0 atom stereocenters. The van der Waals surface area contributed by atoms with Crippen LogP contribution in [0.5, 0.6) is 5.75 Å². The number of hydrogen-bond acceptors (Lipinski definition) is 3. The summed E-state index contributed by atoms with van der Waals surface area (Å²) in [5.74, 6) is 0.620. The summed E-state index contributed by atoms with van der Waals surface area (Å²) in [6.45, 7) is 11.4. The van der Waals surface area contributed by atoms with Crippen LogP contribution in [0.1, 0.15) is 31.9 Å². The first kappa shape index (κ1) is 18.8. The van der Waals surface area contributed by atoms with Crippen LogP contribution in [0.2, 0.25) is 0 Å². The number of carbonyl (C=O) groups is 1. The standard InChI is InChI=1S/C21H28N2O2/c1-6-23(15(2)3)19-12-10-18(11-13-19)22-20(24)14-25-21-16(4)8-7-9-17(21)5/h7-13,15H,6,14H2,1-5H3,(H,22,24). The molecule has 4 heteroatoms. The molecule has 25 heavy (non-hydrogen) atoms. The molecule has 2 aromatic carbocycles. The summed E-state index contributed by atoms with van der Waals surface area (Å²) in [5.41, 5.74) is 4.00. The predicted molar refractivity (Wildman–Crippen MR) is 105 cm³/mol. The molecule has 0 saturated carbocycles. The Morgan fingerprint density at radius 3 is 2.20 bits per heavy atom. The molecule has 1 amide bonds. The van der Waals surface area contributed by atoms with Crippen molar-refractivity contribution in [3.05, 3.63) is 53.6 Å². The van der Waals surface area contributed by atoms with Crippen LogP contribution in [0.25, 0.3) is 0 Å². The third-order valence-corrected chi connectivity index (χ3v) is 4.20. The molecule has 0 bridgehead atoms. The van der Waals surface area contributed by atoms with Gasteiger partial charge >= 0.3 is 0 Å². The maximum atomic E-state index is 12.1. The van der Waals surface area contributed by atoms with Crippen LogP contribution in [-0.4, -0.2) is 25.1 Å². The second-order valence-corrected chi connectivity index (χ2v) is 6.48. The number of nitrogens with one attached hydrogen (secondary N) is 1. The average molecular weight is 340 g/mol. The van der Waals surface area contributed by atoms with Gasteiger partial charge in [0.15, 0.2) is 6.61 Å². The Balaban J connectivity index is 1.94. The number of para-hydroxylation sites is 1. The molecule has 0 fully saturated rings. The van der Waals surface area contributed by atoms with Crippen LogP contribution in [-0.2, 0) is 4.79 Å². The first-order chi connectivity index (χ1) is 11.9. The van der Waals surface area contributed by atoms with Gasteiger partial charge in [0.05, 0.1) is 0 Å². The van der Waals surface area contributed by atoms with Crippen LogP contribution in [0.3, 0.4) is 0 Å². The van der Waals surface area contributed by atoms with Crippen LogP contribution >= 0.6 is 0 Å². The van der Waals surface area contributed by atoms with Crippen molar-refractivity contribution >= 4 is 17.3 Å². The molecule has 2 aromatic rings. The summed E-state index contributed by atoms with van der Waals surface area (Å²) in [6, 6.07) is 14.3. The number of benzene rings is 2. The lowest BCUT2D eigenvalue weighted by molar-refractivity contribution is -0.118. The number of rotatable bonds is 7. The van der Waals surface area contributed by atoms with E-state index in [4.69, 9.17) is 4.74 Å². The van der Waals surface area contributed by atoms with E-state index in [9.17, 15) is 4.79 Å². The molecule has 0 unspecified atom stereocenters. The Hall–Kier alpha value is -2.49. The Kier molecular flexibility index (Phi) is 6.45. The summed E-state index contributed by atoms with van der Waals surface area (Å²) >= 11 is 0. The minimum atomic E-state index is -0.161. The van der Waals surface area contributed by atoms with Crippen molar-refractivity contribution in [2.75, 3.05) is 23.4 Å². The van der Waals surface area contributed by atoms with Crippen LogP contribution < -0.4 is 15.0 Å². The lowest BCUT2D eigenvalue weighted by Gasteiger charge is -2.27. The van der Waals surface area contributed by atoms with Gasteiger partial charge in [0, 0.05) is 24.0 Å². The fourth-order valence-corrected chi connectivity index (χ4v) is 2.94. The molecular weight excluding hydrogens is 312 g/mol. The summed E-state index contributed by atoms with van der Waals surface area (Å²) in [4.78, 5) is 14.4. The van der Waals surface area contributed by atoms with Gasteiger partial charge in [-0.25, -0.2) is 0 Å². The van der Waals surface area contributed by atoms with E-state index in [0.29, 0.717) is 6.04 Å². The molecule has 0 saturated heterocycles. The zero-order valence-corrected chi connectivity index (χ0v) is 15.8. The van der Waals surface area contributed by atoms with E-state index in [2.05, 4.69) is 31.0 Å². The fraction of sp³-hybridized carbons (Fsp3) is 0.381. The minimum Gasteiger partial charge on any atom is -0.483 e. The lowest BCUT2D eigenvalue weighted by Crippen LogP contribution is -2.30. The van der Waals surface area contributed by atoms with Crippen molar-refractivity contribution < 1.29 is 9.53 Å². The number of ether oxygens (including phenoxy) is 1. The Morgan fingerprint density at radius 2 is 1.68 bits per heavy atom. The second kappa shape index (κ2) is 8.56. The zero-order valence-electron chi connectivity index (χ0n) is 15.8. The van der Waals surface area contributed by atoms with E-state index < -0.39 is 0 Å². The maximum Gasteiger partial charge on any atom is 0.262 e. The maximum absolute atomic E-state index is 12.1. The van der Waals surface area contributed by atoms with Gasteiger partial charge in [0.1, 0.15) is 5.75 Å². The minimum absolute atomic E-state index is 0.000520. The van der Waals surface area contributed by atoms with Crippen molar-refractivity contribution in [2.24, 2.45) is 0 Å². The van der Waals surface area contributed by atoms with Gasteiger partial charge in [0.2, 0.25) is 0 Å². The molecule has 2 rings (SSSR count). The normalized spacial score (nSPS) is 10.6. The summed E-state index contributed by atoms with van der Waals surface area (Å²) in [7, 11) is 0. The van der Waals surface area contributed by atoms with Crippen molar-refractivity contribution in [3.63, 3.8) is 0 Å². The van der Waals surface area contributed by atoms with Gasteiger partial charge in [-0.3, -0.25) is 4.79 Å². The molecule has 0 aliphatic carbocycles. The number of nitrogens with zero attached hydrogens (tertiary/aromatic N) is 1. The zero-order chi connectivity index (χ0) is 18.4. The number of hydrogen-bond donors (Lipinski definition) is 1. The quantitative estimate of drug-likeness (QED) is 0.803. The summed E-state index contributed by atoms with van der Waals surface area (Å²) in [5, 5.41) is 2.88. The largest absolute Gasteiger partial charge is 0.483 e. The topological polar surface area (TPSA) is 41.6 Å². The van der Waals surface area contributed by atoms with Gasteiger partial charge < -0.3 is 15.0 Å². The van der Waals surface area contributed by atoms with Crippen LogP contribution in [0, 0.1) is 13.8 Å². The molecule has 1 N–H and O–H groups in total. The summed E-state index contributed by atoms with van der Waals surface area (Å²) in [6.07, 6.45) is 0. The van der Waals surface area contributed by atoms with Crippen molar-refractivity contribution in [2.45, 2.75) is 40.7 Å². The van der Waals surface area contributed by atoms with Crippen LogP contribution in [0.4, 0.5) is 11.4 Å². The van der Waals surface area contributed by atoms with Crippen LogP contribution in [0.15, 0.2) is 42.5 Å². The molecule has 134 valence electrons. The van der Waals surface area contributed by atoms with E-state index in [0.717, 1.165) is 34.8 Å². The Bertz CT molecular complexity index is 688. The number of anilines is 2. The van der Waals surface area contributed by atoms with E-state index in [1.165, 1.54) is 0 Å². The fourth-order valence-electron chi connectivity index (χ4n) is 2.94. The van der Waals surface area contributed by atoms with Crippen molar-refractivity contribution in [3.8, 4) is 5.75 Å². The highest BCUT2D eigenvalue weighted by atomic mass is 16.5. The molecule has 0 aliphatic rings. The van der Waals surface area contributed by atoms with E-state index in [-0.39, 0.29) is 12.5 Å². The van der Waals surface area contributed by atoms with Gasteiger partial charge in [-0.15, -0.1) is 0 Å². The number of aryl methyl sites for hydroxylation is 2. The first-order valence-electron chi connectivity index (χ1n) is 8.78. The van der Waals surface area contributed by atoms with Gasteiger partial charge in [-0.2, -0.15) is 0 Å². The van der Waals surface area contributed by atoms with Gasteiger partial charge in [-0.05, 0) is 70.0 Å². The third kappa shape index (κ3) is 4.99. The smallest absolute Gasteiger partial charge is 0.262 e. The van der Waals surface area contributed by atoms with E-state index >= 15 is 0 Å². The SMILES string of the molecule is CCN(c1ccc(NC(=O)COc2c(C)cccc2C)cc1)C(C)C. The Morgan fingerprint density at radius 1 is 1.08 bits per heavy atom. The Labute approximate surface area is 150 Å². The highest BCUT2D eigenvalue weighted by molar-refractivity contribution is 5.92. The molecule has 4 nitrogen and oxygen atoms in total. The van der Waals surface area contributed by atoms with Crippen molar-refractivity contribution in [1.29, 1.82) is 0 Å². The number of carbonyl (C=O) groups excluding carboxylic acids is 1. The second-order valence-electron chi connectivity index (χ2n) is 6.48. The molecular formula is C21H28N2O2. The lowest BCUT2D eigenvalue weighted by atomic mass is 10.1. The molecule has 0 heterocycles. The van der Waals surface area contributed by atoms with Gasteiger partial charge in [0.25, 0.3) is 5.91 Å². The molecule has 0 radical (unpaired) electrons. The molecule has 0 spiro atoms. The van der Waals surface area contributed by atoms with Gasteiger partial charge in [-0.1, -0.05) is 18.2 Å². The van der Waals surface area contributed by atoms with E-state index in [1.54, 1.807) is 0 Å². The molecule has 0 aliphatic heterocycles. The molecule has 0 aromatic heterocycles. The first-order valence-corrected chi connectivity index (χ1v) is 8.78. The number of amides is 1. The monoisotopic (exact) mass is 340 g/mol. The third-order valence-electron chi connectivity index (χ3n) is 4.20.